The maximum Gasteiger partial charge on any atom is 0.0840 e. The summed E-state index contributed by atoms with van der Waals surface area (Å²) in [6.45, 7) is 3.14. The quantitative estimate of drug-likeness (QED) is 0.287. The van der Waals surface area contributed by atoms with Crippen LogP contribution in [0.15, 0.2) is 0 Å². The summed E-state index contributed by atoms with van der Waals surface area (Å²) in [5.41, 5.74) is 6.20. The van der Waals surface area contributed by atoms with Crippen LogP contribution in [-0.2, 0) is 9.47 Å². The van der Waals surface area contributed by atoms with Crippen LogP contribution in [0, 0.1) is 35.5 Å². The number of piperidine rings is 1. The molecule has 1 saturated heterocycles. The van der Waals surface area contributed by atoms with Crippen molar-refractivity contribution in [1.82, 2.24) is 5.32 Å². The van der Waals surface area contributed by atoms with E-state index in [1.165, 1.54) is 38.5 Å². The molecule has 3 aliphatic carbocycles. The molecule has 0 radical (unpaired) electrons. The first-order chi connectivity index (χ1) is 19.9. The average Bonchev–Trinajstić information content (AvgIpc) is 2.99. The van der Waals surface area contributed by atoms with Gasteiger partial charge in [0.15, 0.2) is 0 Å². The Morgan fingerprint density at radius 3 is 2.54 bits per heavy atom. The van der Waals surface area contributed by atoms with Crippen molar-refractivity contribution < 1.29 is 19.7 Å². The van der Waals surface area contributed by atoms with E-state index in [1.54, 1.807) is 0 Å². The molecular formula is C35H60N2O4. The number of nitrogens with two attached hydrogens (primary N) is 1. The van der Waals surface area contributed by atoms with Crippen LogP contribution < -0.4 is 11.1 Å². The lowest BCUT2D eigenvalue weighted by molar-refractivity contribution is -0.168. The fourth-order valence-electron chi connectivity index (χ4n) is 8.81. The molecule has 0 aromatic heterocycles. The second kappa shape index (κ2) is 15.4. The molecule has 41 heavy (non-hydrogen) atoms. The Hall–Kier alpha value is -0.680. The summed E-state index contributed by atoms with van der Waals surface area (Å²) in [6, 6.07) is 0. The third-order valence-electron chi connectivity index (χ3n) is 11.3. The van der Waals surface area contributed by atoms with Crippen molar-refractivity contribution in [3.8, 4) is 11.8 Å². The lowest BCUT2D eigenvalue weighted by Gasteiger charge is -2.50. The van der Waals surface area contributed by atoms with E-state index < -0.39 is 0 Å². The molecule has 5 aliphatic rings. The third kappa shape index (κ3) is 8.93. The van der Waals surface area contributed by atoms with Gasteiger partial charge in [-0.25, -0.2) is 0 Å². The van der Waals surface area contributed by atoms with Crippen LogP contribution in [0.2, 0.25) is 0 Å². The Kier molecular flexibility index (Phi) is 11.9. The van der Waals surface area contributed by atoms with Gasteiger partial charge in [0.1, 0.15) is 0 Å². The van der Waals surface area contributed by atoms with E-state index in [2.05, 4.69) is 24.1 Å². The second-order valence-corrected chi connectivity index (χ2v) is 14.6. The van der Waals surface area contributed by atoms with E-state index in [4.69, 9.17) is 15.2 Å². The highest BCUT2D eigenvalue weighted by molar-refractivity contribution is 5.14. The minimum atomic E-state index is -0.349. The molecule has 2 aliphatic heterocycles. The standard InChI is InChI=1S/C35H60N2O4/c1-25-9-8-12-30(41-35(19-6-3-7-20-35)31-24-37-34(36)22-27(31)16-13-25)23-28(38)17-14-26-15-18-32(39)33(21-26)40-29-10-4-2-5-11-29/h25-34,37-39H,2-12,14-15,17-24,36H2,1H3. The maximum atomic E-state index is 11.3. The average molecular weight is 573 g/mol. The Balaban J connectivity index is 1.19. The lowest BCUT2D eigenvalue weighted by atomic mass is 9.67. The van der Waals surface area contributed by atoms with E-state index in [1.807, 2.05) is 0 Å². The molecule has 6 nitrogen and oxygen atoms in total. The predicted molar refractivity (Wildman–Crippen MR) is 164 cm³/mol. The Bertz CT molecular complexity index is 845. The zero-order valence-electron chi connectivity index (χ0n) is 25.9. The third-order valence-corrected chi connectivity index (χ3v) is 11.3. The van der Waals surface area contributed by atoms with Gasteiger partial charge in [-0.1, -0.05) is 57.3 Å². The van der Waals surface area contributed by atoms with Crippen LogP contribution in [0.1, 0.15) is 135 Å². The summed E-state index contributed by atoms with van der Waals surface area (Å²) in [7, 11) is 0. The van der Waals surface area contributed by atoms with Gasteiger partial charge >= 0.3 is 0 Å². The SMILES string of the molecule is CC1C#CC2CC(N)NCC2C2(CCCCC2)OC(CC(O)CCC2CCC(O)C(OC3CCCCC3)C2)CCC1. The van der Waals surface area contributed by atoms with Crippen molar-refractivity contribution >= 4 is 0 Å². The molecule has 0 amide bonds. The number of ether oxygens (including phenoxy) is 2. The van der Waals surface area contributed by atoms with Crippen LogP contribution in [0.5, 0.6) is 0 Å². The molecule has 234 valence electrons. The molecule has 5 N–H and O–H groups in total. The molecule has 0 bridgehead atoms. The van der Waals surface area contributed by atoms with Gasteiger partial charge in [0.25, 0.3) is 0 Å². The topological polar surface area (TPSA) is 97.0 Å². The lowest BCUT2D eigenvalue weighted by Crippen LogP contribution is -2.58. The Labute approximate surface area is 250 Å². The van der Waals surface area contributed by atoms with Gasteiger partial charge in [-0.15, -0.1) is 0 Å². The minimum absolute atomic E-state index is 0.0119. The molecule has 5 rings (SSSR count). The number of hydrogen-bond acceptors (Lipinski definition) is 6. The van der Waals surface area contributed by atoms with E-state index in [9.17, 15) is 10.2 Å². The molecular weight excluding hydrogens is 512 g/mol. The maximum absolute atomic E-state index is 11.3. The van der Waals surface area contributed by atoms with Crippen molar-refractivity contribution in [3.63, 3.8) is 0 Å². The zero-order valence-corrected chi connectivity index (χ0v) is 25.9. The normalized spacial score (nSPS) is 39.6. The monoisotopic (exact) mass is 572 g/mol. The minimum Gasteiger partial charge on any atom is -0.393 e. The smallest absolute Gasteiger partial charge is 0.0840 e. The van der Waals surface area contributed by atoms with Gasteiger partial charge in [-0.3, -0.25) is 0 Å². The fourth-order valence-corrected chi connectivity index (χ4v) is 8.81. The van der Waals surface area contributed by atoms with Gasteiger partial charge < -0.3 is 30.7 Å². The van der Waals surface area contributed by atoms with Gasteiger partial charge in [0, 0.05) is 24.3 Å². The van der Waals surface area contributed by atoms with Crippen molar-refractivity contribution in [2.75, 3.05) is 6.54 Å². The number of rotatable bonds is 7. The van der Waals surface area contributed by atoms with Crippen LogP contribution in [0.25, 0.3) is 0 Å². The summed E-state index contributed by atoms with van der Waals surface area (Å²) in [4.78, 5) is 0. The zero-order chi connectivity index (χ0) is 28.7. The predicted octanol–water partition coefficient (Wildman–Crippen LogP) is 5.82. The molecule has 0 aromatic carbocycles. The van der Waals surface area contributed by atoms with E-state index in [0.717, 1.165) is 96.4 Å². The number of aliphatic hydroxyl groups is 2. The molecule has 1 spiro atoms. The molecule has 9 unspecified atom stereocenters. The van der Waals surface area contributed by atoms with Gasteiger partial charge in [0.05, 0.1) is 42.3 Å². The number of fused-ring (bicyclic) bond motifs is 2. The highest BCUT2D eigenvalue weighted by Gasteiger charge is 2.47. The molecule has 9 atom stereocenters. The second-order valence-electron chi connectivity index (χ2n) is 14.6. The first-order valence-electron chi connectivity index (χ1n) is 17.6. The van der Waals surface area contributed by atoms with E-state index in [-0.39, 0.29) is 42.1 Å². The molecule has 3 saturated carbocycles. The summed E-state index contributed by atoms with van der Waals surface area (Å²) >= 11 is 0. The Morgan fingerprint density at radius 2 is 1.73 bits per heavy atom. The van der Waals surface area contributed by atoms with Crippen molar-refractivity contribution in [2.45, 2.75) is 178 Å². The highest BCUT2D eigenvalue weighted by Crippen LogP contribution is 2.45. The van der Waals surface area contributed by atoms with Gasteiger partial charge in [0.2, 0.25) is 0 Å². The molecule has 4 fully saturated rings. The molecule has 2 heterocycles. The van der Waals surface area contributed by atoms with Gasteiger partial charge in [-0.05, 0) is 95.8 Å². The van der Waals surface area contributed by atoms with Crippen molar-refractivity contribution in [2.24, 2.45) is 29.4 Å². The number of hydrogen-bond donors (Lipinski definition) is 4. The summed E-state index contributed by atoms with van der Waals surface area (Å²) in [6.07, 6.45) is 21.2. The number of aliphatic hydroxyl groups excluding tert-OH is 2. The van der Waals surface area contributed by atoms with Crippen molar-refractivity contribution in [1.29, 1.82) is 0 Å². The summed E-state index contributed by atoms with van der Waals surface area (Å²) < 4.78 is 13.7. The van der Waals surface area contributed by atoms with Crippen LogP contribution in [0.4, 0.5) is 0 Å². The largest absolute Gasteiger partial charge is 0.393 e. The number of nitrogens with one attached hydrogen (secondary N) is 1. The first kappa shape index (κ1) is 31.7. The van der Waals surface area contributed by atoms with Crippen LogP contribution in [0.3, 0.4) is 0 Å². The summed E-state index contributed by atoms with van der Waals surface area (Å²) in [5, 5.41) is 25.6. The van der Waals surface area contributed by atoms with Crippen LogP contribution in [-0.4, -0.2) is 59.0 Å². The Morgan fingerprint density at radius 1 is 0.951 bits per heavy atom. The van der Waals surface area contributed by atoms with E-state index >= 15 is 0 Å². The van der Waals surface area contributed by atoms with Gasteiger partial charge in [-0.2, -0.15) is 0 Å². The summed E-state index contributed by atoms with van der Waals surface area (Å²) in [5.74, 6) is 8.83. The molecule has 0 aromatic rings. The van der Waals surface area contributed by atoms with Crippen molar-refractivity contribution in [3.05, 3.63) is 0 Å². The van der Waals surface area contributed by atoms with Crippen LogP contribution >= 0.6 is 0 Å². The molecule has 6 heteroatoms. The fraction of sp³-hybridized carbons (Fsp3) is 0.943. The van der Waals surface area contributed by atoms with E-state index in [0.29, 0.717) is 23.9 Å². The highest BCUT2D eigenvalue weighted by atomic mass is 16.5. The first-order valence-corrected chi connectivity index (χ1v) is 17.6.